The molecule has 80 valence electrons. The van der Waals surface area contributed by atoms with Crippen molar-refractivity contribution in [3.8, 4) is 0 Å². The summed E-state index contributed by atoms with van der Waals surface area (Å²) < 4.78 is 0. The molecule has 0 bridgehead atoms. The second kappa shape index (κ2) is 4.59. The number of carbonyl (C=O) groups is 2. The zero-order chi connectivity index (χ0) is 11.4. The number of primary amides is 1. The van der Waals surface area contributed by atoms with Gasteiger partial charge < -0.3 is 5.73 Å². The van der Waals surface area contributed by atoms with Crippen LogP contribution in [0.1, 0.15) is 12.5 Å². The number of nitrogens with zero attached hydrogens (tertiary/aromatic N) is 1. The highest BCUT2D eigenvalue weighted by molar-refractivity contribution is 5.92. The van der Waals surface area contributed by atoms with Crippen LogP contribution in [0, 0.1) is 0 Å². The Bertz CT molecular complexity index is 388. The van der Waals surface area contributed by atoms with Gasteiger partial charge >= 0.3 is 6.03 Å². The van der Waals surface area contributed by atoms with Crippen LogP contribution in [0.25, 0.3) is 0 Å². The molecule has 4 heteroatoms. The lowest BCUT2D eigenvalue weighted by Gasteiger charge is -2.17. The average Bonchev–Trinajstić information content (AvgIpc) is 2.16. The minimum atomic E-state index is -0.536. The fraction of sp³-hybridized carbons (Fsp3) is 0.273. The average molecular weight is 206 g/mol. The largest absolute Gasteiger partial charge is 0.351 e. The molecule has 0 aliphatic rings. The molecule has 1 aromatic rings. The molecule has 0 saturated heterocycles. The predicted molar refractivity (Wildman–Crippen MR) is 58.8 cm³/mol. The van der Waals surface area contributed by atoms with Crippen LogP contribution >= 0.6 is 0 Å². The summed E-state index contributed by atoms with van der Waals surface area (Å²) in [6.07, 6.45) is 0.313. The quantitative estimate of drug-likeness (QED) is 0.810. The van der Waals surface area contributed by atoms with Crippen molar-refractivity contribution in [2.24, 2.45) is 5.73 Å². The van der Waals surface area contributed by atoms with Crippen molar-refractivity contribution in [3.63, 3.8) is 0 Å². The lowest BCUT2D eigenvalue weighted by molar-refractivity contribution is -0.116. The minimum absolute atomic E-state index is 0.0559. The number of hydrogen-bond acceptors (Lipinski definition) is 2. The Morgan fingerprint density at radius 3 is 2.47 bits per heavy atom. The molecule has 2 amide bonds. The van der Waals surface area contributed by atoms with Gasteiger partial charge in [-0.1, -0.05) is 18.2 Å². The maximum absolute atomic E-state index is 11.0. The zero-order valence-corrected chi connectivity index (χ0v) is 8.86. The Balaban J connectivity index is 3.05. The third-order valence-corrected chi connectivity index (χ3v) is 2.12. The molecule has 0 saturated carbocycles. The van der Waals surface area contributed by atoms with Gasteiger partial charge in [0.25, 0.3) is 0 Å². The first kappa shape index (κ1) is 11.2. The second-order valence-corrected chi connectivity index (χ2v) is 3.40. The molecule has 1 aromatic carbocycles. The molecule has 0 heterocycles. The summed E-state index contributed by atoms with van der Waals surface area (Å²) in [4.78, 5) is 23.4. The molecular formula is C11H14N2O2. The molecule has 0 radical (unpaired) electrons. The van der Waals surface area contributed by atoms with E-state index < -0.39 is 6.03 Å². The van der Waals surface area contributed by atoms with Crippen LogP contribution in [0.5, 0.6) is 0 Å². The van der Waals surface area contributed by atoms with Crippen molar-refractivity contribution in [2.45, 2.75) is 13.3 Å². The Kier molecular flexibility index (Phi) is 3.44. The monoisotopic (exact) mass is 206 g/mol. The van der Waals surface area contributed by atoms with Gasteiger partial charge in [0.2, 0.25) is 0 Å². The van der Waals surface area contributed by atoms with Gasteiger partial charge in [0, 0.05) is 19.2 Å². The van der Waals surface area contributed by atoms with E-state index in [0.717, 1.165) is 5.56 Å². The van der Waals surface area contributed by atoms with Crippen molar-refractivity contribution in [1.29, 1.82) is 0 Å². The fourth-order valence-corrected chi connectivity index (χ4v) is 1.37. The smallest absolute Gasteiger partial charge is 0.319 e. The maximum atomic E-state index is 11.0. The zero-order valence-electron chi connectivity index (χ0n) is 8.86. The van der Waals surface area contributed by atoms with Crippen molar-refractivity contribution in [2.75, 3.05) is 11.9 Å². The molecule has 4 nitrogen and oxygen atoms in total. The molecular weight excluding hydrogens is 192 g/mol. The van der Waals surface area contributed by atoms with E-state index in [1.807, 2.05) is 12.1 Å². The van der Waals surface area contributed by atoms with Crippen molar-refractivity contribution < 1.29 is 9.59 Å². The Hall–Kier alpha value is -1.84. The summed E-state index contributed by atoms with van der Waals surface area (Å²) >= 11 is 0. The summed E-state index contributed by atoms with van der Waals surface area (Å²) in [5.74, 6) is 0.0559. The number of anilines is 1. The van der Waals surface area contributed by atoms with E-state index in [0.29, 0.717) is 12.1 Å². The van der Waals surface area contributed by atoms with E-state index in [2.05, 4.69) is 0 Å². The number of urea groups is 1. The highest BCUT2D eigenvalue weighted by Gasteiger charge is 2.11. The van der Waals surface area contributed by atoms with Crippen LogP contribution in [0.4, 0.5) is 10.5 Å². The van der Waals surface area contributed by atoms with E-state index >= 15 is 0 Å². The molecule has 0 spiro atoms. The Morgan fingerprint density at radius 1 is 1.33 bits per heavy atom. The van der Waals surface area contributed by atoms with Gasteiger partial charge in [0.1, 0.15) is 5.78 Å². The number of rotatable bonds is 3. The number of ketones is 1. The van der Waals surface area contributed by atoms with Crippen molar-refractivity contribution in [3.05, 3.63) is 29.8 Å². The SMILES string of the molecule is CC(=O)Cc1ccccc1N(C)C(N)=O. The molecule has 0 unspecified atom stereocenters. The topological polar surface area (TPSA) is 63.4 Å². The molecule has 0 aliphatic carbocycles. The third-order valence-electron chi connectivity index (χ3n) is 2.12. The number of benzene rings is 1. The lowest BCUT2D eigenvalue weighted by Crippen LogP contribution is -2.32. The minimum Gasteiger partial charge on any atom is -0.351 e. The summed E-state index contributed by atoms with van der Waals surface area (Å²) in [6, 6.07) is 6.68. The maximum Gasteiger partial charge on any atom is 0.319 e. The van der Waals surface area contributed by atoms with E-state index in [1.54, 1.807) is 19.2 Å². The van der Waals surface area contributed by atoms with Gasteiger partial charge in [-0.2, -0.15) is 0 Å². The van der Waals surface area contributed by atoms with Crippen molar-refractivity contribution in [1.82, 2.24) is 0 Å². The first-order valence-electron chi connectivity index (χ1n) is 4.63. The van der Waals surface area contributed by atoms with Crippen LogP contribution in [0.3, 0.4) is 0 Å². The number of carbonyl (C=O) groups excluding carboxylic acids is 2. The lowest BCUT2D eigenvalue weighted by atomic mass is 10.1. The number of hydrogen-bond donors (Lipinski definition) is 1. The first-order chi connectivity index (χ1) is 7.02. The molecule has 15 heavy (non-hydrogen) atoms. The van der Waals surface area contributed by atoms with Crippen LogP contribution in [0.2, 0.25) is 0 Å². The summed E-state index contributed by atoms with van der Waals surface area (Å²) in [5.41, 5.74) is 6.66. The van der Waals surface area contributed by atoms with Gasteiger partial charge in [-0.05, 0) is 18.6 Å². The number of Topliss-reactive ketones (excluding diaryl/α,β-unsaturated/α-hetero) is 1. The molecule has 2 N–H and O–H groups in total. The molecule has 0 fully saturated rings. The number of nitrogens with two attached hydrogens (primary N) is 1. The highest BCUT2D eigenvalue weighted by Crippen LogP contribution is 2.19. The van der Waals surface area contributed by atoms with Crippen LogP contribution < -0.4 is 10.6 Å². The van der Waals surface area contributed by atoms with E-state index in [-0.39, 0.29) is 5.78 Å². The first-order valence-corrected chi connectivity index (χ1v) is 4.63. The van der Waals surface area contributed by atoms with E-state index in [9.17, 15) is 9.59 Å². The highest BCUT2D eigenvalue weighted by atomic mass is 16.2. The molecule has 0 atom stereocenters. The second-order valence-electron chi connectivity index (χ2n) is 3.40. The summed E-state index contributed by atoms with van der Waals surface area (Å²) in [5, 5.41) is 0. The van der Waals surface area contributed by atoms with Crippen LogP contribution in [-0.2, 0) is 11.2 Å². The van der Waals surface area contributed by atoms with Crippen molar-refractivity contribution >= 4 is 17.5 Å². The fourth-order valence-electron chi connectivity index (χ4n) is 1.37. The van der Waals surface area contributed by atoms with Gasteiger partial charge in [-0.25, -0.2) is 4.79 Å². The Labute approximate surface area is 88.7 Å². The normalized spacial score (nSPS) is 9.73. The van der Waals surface area contributed by atoms with Crippen LogP contribution in [-0.4, -0.2) is 18.9 Å². The van der Waals surface area contributed by atoms with Gasteiger partial charge in [0.15, 0.2) is 0 Å². The molecule has 0 aromatic heterocycles. The standard InChI is InChI=1S/C11H14N2O2/c1-8(14)7-9-5-3-4-6-10(9)13(2)11(12)15/h3-6H,7H2,1-2H3,(H2,12,15). The van der Waals surface area contributed by atoms with Gasteiger partial charge in [-0.15, -0.1) is 0 Å². The summed E-state index contributed by atoms with van der Waals surface area (Å²) in [6.45, 7) is 1.51. The number of amides is 2. The molecule has 1 rings (SSSR count). The predicted octanol–water partition coefficient (Wildman–Crippen LogP) is 1.33. The number of para-hydroxylation sites is 1. The molecule has 0 aliphatic heterocycles. The summed E-state index contributed by atoms with van der Waals surface area (Å²) in [7, 11) is 1.58. The van der Waals surface area contributed by atoms with Crippen LogP contribution in [0.15, 0.2) is 24.3 Å². The van der Waals surface area contributed by atoms with Gasteiger partial charge in [0.05, 0.1) is 0 Å². The van der Waals surface area contributed by atoms with E-state index in [4.69, 9.17) is 5.73 Å². The van der Waals surface area contributed by atoms with Gasteiger partial charge in [-0.3, -0.25) is 9.69 Å². The Morgan fingerprint density at radius 2 is 1.93 bits per heavy atom. The third kappa shape index (κ3) is 2.80. The van der Waals surface area contributed by atoms with E-state index in [1.165, 1.54) is 11.8 Å².